The minimum atomic E-state index is -0.407. The lowest BCUT2D eigenvalue weighted by Gasteiger charge is -2.17. The van der Waals surface area contributed by atoms with Gasteiger partial charge in [0.05, 0.1) is 0 Å². The molecule has 0 radical (unpaired) electrons. The molecule has 1 aromatic rings. The Morgan fingerprint density at radius 1 is 1.21 bits per heavy atom. The van der Waals surface area contributed by atoms with Gasteiger partial charge in [0, 0.05) is 29.8 Å². The van der Waals surface area contributed by atoms with Crippen LogP contribution in [0.1, 0.15) is 32.1 Å². The molecule has 1 rings (SSSR count). The highest BCUT2D eigenvalue weighted by Gasteiger charge is 2.20. The second-order valence-electron chi connectivity index (χ2n) is 5.44. The Morgan fingerprint density at radius 2 is 1.95 bits per heavy atom. The van der Waals surface area contributed by atoms with Crippen LogP contribution in [0.3, 0.4) is 0 Å². The molecule has 1 heterocycles. The number of hydrogen-bond donors (Lipinski definition) is 2. The number of amides is 2. The summed E-state index contributed by atoms with van der Waals surface area (Å²) in [4.78, 5) is 24.4. The van der Waals surface area contributed by atoms with E-state index in [-0.39, 0.29) is 11.8 Å². The fourth-order valence-electron chi connectivity index (χ4n) is 1.42. The summed E-state index contributed by atoms with van der Waals surface area (Å²) in [5.41, 5.74) is -0.407. The molecule has 0 spiro atoms. The number of hydrogen-bond acceptors (Lipinski definition) is 3. The lowest BCUT2D eigenvalue weighted by molar-refractivity contribution is -0.128. The molecule has 0 aliphatic heterocycles. The van der Waals surface area contributed by atoms with Crippen molar-refractivity contribution in [2.45, 2.75) is 33.6 Å². The van der Waals surface area contributed by atoms with Crippen LogP contribution in [0, 0.1) is 5.41 Å². The zero-order chi connectivity index (χ0) is 14.3. The predicted molar refractivity (Wildman–Crippen MR) is 78.1 cm³/mol. The van der Waals surface area contributed by atoms with Crippen LogP contribution < -0.4 is 10.6 Å². The summed E-state index contributed by atoms with van der Waals surface area (Å²) in [5, 5.41) is 7.64. The van der Waals surface area contributed by atoms with Crippen molar-refractivity contribution in [2.24, 2.45) is 5.41 Å². The maximum atomic E-state index is 11.6. The highest BCUT2D eigenvalue weighted by atomic mass is 32.1. The van der Waals surface area contributed by atoms with E-state index >= 15 is 0 Å². The molecular formula is C14H22N2O2S. The SMILES string of the molecule is CC(C)(C)C(=O)NCCC(=O)NCCc1cccs1. The van der Waals surface area contributed by atoms with Gasteiger partial charge in [-0.1, -0.05) is 26.8 Å². The summed E-state index contributed by atoms with van der Waals surface area (Å²) in [6.45, 7) is 6.59. The first-order chi connectivity index (χ1) is 8.89. The maximum Gasteiger partial charge on any atom is 0.225 e. The number of rotatable bonds is 6. The summed E-state index contributed by atoms with van der Waals surface area (Å²) in [7, 11) is 0. The van der Waals surface area contributed by atoms with Crippen molar-refractivity contribution in [3.8, 4) is 0 Å². The highest BCUT2D eigenvalue weighted by molar-refractivity contribution is 7.09. The minimum Gasteiger partial charge on any atom is -0.356 e. The molecule has 19 heavy (non-hydrogen) atoms. The van der Waals surface area contributed by atoms with Crippen molar-refractivity contribution in [3.63, 3.8) is 0 Å². The van der Waals surface area contributed by atoms with Gasteiger partial charge in [-0.2, -0.15) is 0 Å². The topological polar surface area (TPSA) is 58.2 Å². The Hall–Kier alpha value is -1.36. The van der Waals surface area contributed by atoms with E-state index in [9.17, 15) is 9.59 Å². The van der Waals surface area contributed by atoms with Crippen molar-refractivity contribution in [3.05, 3.63) is 22.4 Å². The van der Waals surface area contributed by atoms with Gasteiger partial charge in [-0.3, -0.25) is 9.59 Å². The first-order valence-electron chi connectivity index (χ1n) is 6.47. The zero-order valence-corrected chi connectivity index (χ0v) is 12.6. The van der Waals surface area contributed by atoms with Gasteiger partial charge in [0.1, 0.15) is 0 Å². The van der Waals surface area contributed by atoms with Gasteiger partial charge < -0.3 is 10.6 Å². The van der Waals surface area contributed by atoms with Gasteiger partial charge in [0.15, 0.2) is 0 Å². The summed E-state index contributed by atoms with van der Waals surface area (Å²) < 4.78 is 0. The average molecular weight is 282 g/mol. The molecule has 0 fully saturated rings. The summed E-state index contributed by atoms with van der Waals surface area (Å²) in [6, 6.07) is 4.06. The van der Waals surface area contributed by atoms with Gasteiger partial charge in [-0.05, 0) is 17.9 Å². The van der Waals surface area contributed by atoms with Gasteiger partial charge in [0.25, 0.3) is 0 Å². The third-order valence-electron chi connectivity index (χ3n) is 2.59. The van der Waals surface area contributed by atoms with Gasteiger partial charge in [-0.25, -0.2) is 0 Å². The highest BCUT2D eigenvalue weighted by Crippen LogP contribution is 2.12. The summed E-state index contributed by atoms with van der Waals surface area (Å²) in [6.07, 6.45) is 1.18. The number of thiophene rings is 1. The van der Waals surface area contributed by atoms with E-state index in [0.29, 0.717) is 19.5 Å². The molecule has 0 saturated carbocycles. The second kappa shape index (κ2) is 7.28. The van der Waals surface area contributed by atoms with Crippen molar-refractivity contribution in [1.82, 2.24) is 10.6 Å². The van der Waals surface area contributed by atoms with Crippen LogP contribution in [0.5, 0.6) is 0 Å². The Bertz CT molecular complexity index is 408. The Kier molecular flexibility index (Phi) is 6.02. The van der Waals surface area contributed by atoms with Crippen LogP contribution in [0.2, 0.25) is 0 Å². The Labute approximate surface area is 118 Å². The van der Waals surface area contributed by atoms with E-state index < -0.39 is 5.41 Å². The lowest BCUT2D eigenvalue weighted by Crippen LogP contribution is -2.37. The lowest BCUT2D eigenvalue weighted by atomic mass is 9.96. The Balaban J connectivity index is 2.10. The number of carbonyl (C=O) groups is 2. The first kappa shape index (κ1) is 15.7. The van der Waals surface area contributed by atoms with Gasteiger partial charge >= 0.3 is 0 Å². The van der Waals surface area contributed by atoms with E-state index in [4.69, 9.17) is 0 Å². The molecule has 5 heteroatoms. The number of nitrogens with one attached hydrogen (secondary N) is 2. The molecule has 0 saturated heterocycles. The molecule has 2 amide bonds. The predicted octanol–water partition coefficient (Wildman–Crippen LogP) is 1.96. The monoisotopic (exact) mass is 282 g/mol. The molecule has 1 aromatic heterocycles. The van der Waals surface area contributed by atoms with E-state index in [0.717, 1.165) is 6.42 Å². The average Bonchev–Trinajstić information content (AvgIpc) is 2.80. The summed E-state index contributed by atoms with van der Waals surface area (Å²) >= 11 is 1.69. The molecule has 0 aliphatic carbocycles. The van der Waals surface area contributed by atoms with E-state index in [2.05, 4.69) is 16.7 Å². The fourth-order valence-corrected chi connectivity index (χ4v) is 2.13. The molecule has 0 aliphatic rings. The molecule has 4 nitrogen and oxygen atoms in total. The molecular weight excluding hydrogens is 260 g/mol. The van der Waals surface area contributed by atoms with Crippen LogP contribution in [-0.2, 0) is 16.0 Å². The quantitative estimate of drug-likeness (QED) is 0.838. The third kappa shape index (κ3) is 6.38. The smallest absolute Gasteiger partial charge is 0.225 e. The normalized spacial score (nSPS) is 11.1. The van der Waals surface area contributed by atoms with Crippen molar-refractivity contribution < 1.29 is 9.59 Å². The second-order valence-corrected chi connectivity index (χ2v) is 6.47. The van der Waals surface area contributed by atoms with E-state index in [1.54, 1.807) is 11.3 Å². The maximum absolute atomic E-state index is 11.6. The fraction of sp³-hybridized carbons (Fsp3) is 0.571. The van der Waals surface area contributed by atoms with Gasteiger partial charge in [0.2, 0.25) is 11.8 Å². The van der Waals surface area contributed by atoms with E-state index in [1.165, 1.54) is 4.88 Å². The van der Waals surface area contributed by atoms with Crippen LogP contribution in [-0.4, -0.2) is 24.9 Å². The van der Waals surface area contributed by atoms with Crippen molar-refractivity contribution in [1.29, 1.82) is 0 Å². The minimum absolute atomic E-state index is 0.0224. The third-order valence-corrected chi connectivity index (χ3v) is 3.53. The molecule has 2 N–H and O–H groups in total. The largest absolute Gasteiger partial charge is 0.356 e. The van der Waals surface area contributed by atoms with Crippen LogP contribution in [0.15, 0.2) is 17.5 Å². The molecule has 0 aromatic carbocycles. The first-order valence-corrected chi connectivity index (χ1v) is 7.35. The van der Waals surface area contributed by atoms with Crippen molar-refractivity contribution >= 4 is 23.2 Å². The standard InChI is InChI=1S/C14H22N2O2S/c1-14(2,3)13(18)16-9-7-12(17)15-8-6-11-5-4-10-19-11/h4-5,10H,6-9H2,1-3H3,(H,15,17)(H,16,18). The number of carbonyl (C=O) groups excluding carboxylic acids is 2. The van der Waals surface area contributed by atoms with Crippen molar-refractivity contribution in [2.75, 3.05) is 13.1 Å². The summed E-state index contributed by atoms with van der Waals surface area (Å²) in [5.74, 6) is -0.0512. The molecule has 106 valence electrons. The molecule has 0 unspecified atom stereocenters. The van der Waals surface area contributed by atoms with Crippen LogP contribution >= 0.6 is 11.3 Å². The molecule has 0 bridgehead atoms. The van der Waals surface area contributed by atoms with E-state index in [1.807, 2.05) is 32.2 Å². The van der Waals surface area contributed by atoms with Crippen LogP contribution in [0.4, 0.5) is 0 Å². The Morgan fingerprint density at radius 3 is 2.53 bits per heavy atom. The van der Waals surface area contributed by atoms with Crippen LogP contribution in [0.25, 0.3) is 0 Å². The molecule has 0 atom stereocenters. The van der Waals surface area contributed by atoms with Gasteiger partial charge in [-0.15, -0.1) is 11.3 Å². The zero-order valence-electron chi connectivity index (χ0n) is 11.8.